The number of rotatable bonds is 1. The molecule has 0 aliphatic carbocycles. The Labute approximate surface area is 91.3 Å². The van der Waals surface area contributed by atoms with Gasteiger partial charge in [-0.25, -0.2) is 0 Å². The minimum atomic E-state index is -1.93. The highest BCUT2D eigenvalue weighted by molar-refractivity contribution is 7.75. The van der Waals surface area contributed by atoms with E-state index in [-0.39, 0.29) is 10.3 Å². The normalized spacial score (nSPS) is 41.2. The Hall–Kier alpha value is -0.550. The largest absolute Gasteiger partial charge is 0.322 e. The molecule has 2 aliphatic rings. The van der Waals surface area contributed by atoms with Crippen LogP contribution in [0.15, 0.2) is 30.3 Å². The molecule has 1 nitrogen and oxygen atoms in total. The van der Waals surface area contributed by atoms with Crippen LogP contribution in [0.5, 0.6) is 0 Å². The third-order valence-electron chi connectivity index (χ3n) is 4.74. The van der Waals surface area contributed by atoms with Crippen molar-refractivity contribution in [1.29, 1.82) is 0 Å². The Morgan fingerprint density at radius 1 is 1.20 bits per heavy atom. The number of fused-ring (bicyclic) bond motifs is 1. The van der Waals surface area contributed by atoms with E-state index in [0.717, 1.165) is 19.0 Å². The van der Waals surface area contributed by atoms with Crippen molar-refractivity contribution in [3.05, 3.63) is 35.9 Å². The van der Waals surface area contributed by atoms with E-state index in [2.05, 4.69) is 38.1 Å². The zero-order valence-corrected chi connectivity index (χ0v) is 10.3. The fourth-order valence-corrected chi connectivity index (χ4v) is 8.85. The van der Waals surface area contributed by atoms with Gasteiger partial charge in [-0.05, 0) is 18.4 Å². The summed E-state index contributed by atoms with van der Waals surface area (Å²) < 4.78 is 12.9. The van der Waals surface area contributed by atoms with Gasteiger partial charge in [0.2, 0.25) is 0 Å². The molecule has 2 saturated heterocycles. The second kappa shape index (κ2) is 2.58. The van der Waals surface area contributed by atoms with Crippen LogP contribution in [0.2, 0.25) is 0 Å². The monoisotopic (exact) mass is 220 g/mol. The zero-order chi connectivity index (χ0) is 10.7. The van der Waals surface area contributed by atoms with Gasteiger partial charge in [0.15, 0.2) is 0 Å². The minimum absolute atomic E-state index is 0.0429. The topological polar surface area (TPSA) is 17.1 Å². The lowest BCUT2D eigenvalue weighted by molar-refractivity contribution is 0.541. The predicted octanol–water partition coefficient (Wildman–Crippen LogP) is 3.83. The van der Waals surface area contributed by atoms with Gasteiger partial charge in [0.25, 0.3) is 0 Å². The summed E-state index contributed by atoms with van der Waals surface area (Å²) in [4.78, 5) is 0. The van der Waals surface area contributed by atoms with Gasteiger partial charge in [0.1, 0.15) is 7.14 Å². The molecular weight excluding hydrogens is 203 g/mol. The summed E-state index contributed by atoms with van der Waals surface area (Å²) in [5, 5.41) is 0.0981. The molecule has 15 heavy (non-hydrogen) atoms. The summed E-state index contributed by atoms with van der Waals surface area (Å²) in [6.45, 7) is 4.39. The number of hydrogen-bond acceptors (Lipinski definition) is 1. The van der Waals surface area contributed by atoms with Crippen molar-refractivity contribution >= 4 is 7.14 Å². The molecule has 2 heterocycles. The summed E-state index contributed by atoms with van der Waals surface area (Å²) in [7, 11) is -1.93. The Bertz CT molecular complexity index is 449. The number of benzene rings is 1. The molecule has 2 heteroatoms. The Morgan fingerprint density at radius 3 is 2.40 bits per heavy atom. The second-order valence-electron chi connectivity index (χ2n) is 5.35. The first-order valence-corrected chi connectivity index (χ1v) is 7.60. The molecule has 1 aromatic carbocycles. The average Bonchev–Trinajstić information content (AvgIpc) is 2.53. The van der Waals surface area contributed by atoms with Gasteiger partial charge in [-0.2, -0.15) is 0 Å². The van der Waals surface area contributed by atoms with Crippen molar-refractivity contribution in [2.45, 2.75) is 37.0 Å². The van der Waals surface area contributed by atoms with Gasteiger partial charge in [0.05, 0.1) is 5.16 Å². The van der Waals surface area contributed by atoms with E-state index in [4.69, 9.17) is 0 Å². The molecule has 2 atom stereocenters. The quantitative estimate of drug-likeness (QED) is 0.657. The van der Waals surface area contributed by atoms with Crippen LogP contribution in [0.4, 0.5) is 0 Å². The summed E-state index contributed by atoms with van der Waals surface area (Å²) >= 11 is 0. The van der Waals surface area contributed by atoms with E-state index >= 15 is 0 Å². The molecule has 1 aromatic rings. The Kier molecular flexibility index (Phi) is 1.66. The molecule has 3 rings (SSSR count). The molecule has 2 unspecified atom stereocenters. The van der Waals surface area contributed by atoms with Gasteiger partial charge in [-0.15, -0.1) is 0 Å². The summed E-state index contributed by atoms with van der Waals surface area (Å²) in [6.07, 6.45) is 3.24. The molecule has 2 aliphatic heterocycles. The van der Waals surface area contributed by atoms with E-state index in [0.29, 0.717) is 0 Å². The lowest BCUT2D eigenvalue weighted by atomic mass is 9.85. The molecule has 0 saturated carbocycles. The van der Waals surface area contributed by atoms with Crippen LogP contribution >= 0.6 is 7.14 Å². The van der Waals surface area contributed by atoms with Crippen molar-refractivity contribution in [3.8, 4) is 0 Å². The molecule has 0 radical (unpaired) electrons. The standard InChI is InChI=1S/C13H17OP/c1-12(2)13(9-6-10-15(12,13)14)11-7-4-3-5-8-11/h3-5,7-8H,6,9-10H2,1-2H3. The molecular formula is C13H17OP. The van der Waals surface area contributed by atoms with Crippen LogP contribution in [-0.2, 0) is 9.72 Å². The third-order valence-corrected chi connectivity index (χ3v) is 9.93. The highest BCUT2D eigenvalue weighted by Crippen LogP contribution is 2.97. The summed E-state index contributed by atoms with van der Waals surface area (Å²) in [5.41, 5.74) is 1.32. The van der Waals surface area contributed by atoms with Crippen LogP contribution in [-0.4, -0.2) is 11.3 Å². The van der Waals surface area contributed by atoms with Crippen LogP contribution in [0.25, 0.3) is 0 Å². The van der Waals surface area contributed by atoms with Gasteiger partial charge >= 0.3 is 0 Å². The maximum Gasteiger partial charge on any atom is 0.105 e. The minimum Gasteiger partial charge on any atom is -0.322 e. The highest BCUT2D eigenvalue weighted by atomic mass is 31.2. The zero-order valence-electron chi connectivity index (χ0n) is 9.36. The summed E-state index contributed by atoms with van der Waals surface area (Å²) in [5.74, 6) is 0. The molecule has 0 N–H and O–H groups in total. The molecule has 2 fully saturated rings. The maximum atomic E-state index is 12.9. The smallest absolute Gasteiger partial charge is 0.105 e. The second-order valence-corrected chi connectivity index (χ2v) is 9.16. The van der Waals surface area contributed by atoms with Crippen molar-refractivity contribution in [2.24, 2.45) is 0 Å². The highest BCUT2D eigenvalue weighted by Gasteiger charge is 2.82. The maximum absolute atomic E-state index is 12.9. The SMILES string of the molecule is CC1(C)C2(c3ccccc3)CCCP12=O. The van der Waals surface area contributed by atoms with Crippen molar-refractivity contribution < 1.29 is 4.57 Å². The molecule has 0 bridgehead atoms. The van der Waals surface area contributed by atoms with E-state index in [9.17, 15) is 4.57 Å². The molecule has 80 valence electrons. The average molecular weight is 220 g/mol. The van der Waals surface area contributed by atoms with Gasteiger partial charge < -0.3 is 4.57 Å². The molecule has 0 aromatic heterocycles. The number of hydrogen-bond donors (Lipinski definition) is 0. The first kappa shape index (κ1) is 9.66. The van der Waals surface area contributed by atoms with E-state index in [1.54, 1.807) is 0 Å². The first-order chi connectivity index (χ1) is 7.06. The van der Waals surface area contributed by atoms with Gasteiger partial charge in [-0.1, -0.05) is 44.2 Å². The fourth-order valence-electron chi connectivity index (χ4n) is 3.84. The lowest BCUT2D eigenvalue weighted by Gasteiger charge is -2.16. The van der Waals surface area contributed by atoms with E-state index in [1.165, 1.54) is 5.56 Å². The van der Waals surface area contributed by atoms with Gasteiger partial charge in [-0.3, -0.25) is 0 Å². The predicted molar refractivity (Wildman–Crippen MR) is 63.9 cm³/mol. The van der Waals surface area contributed by atoms with Crippen molar-refractivity contribution in [2.75, 3.05) is 6.16 Å². The lowest BCUT2D eigenvalue weighted by Crippen LogP contribution is -2.18. The van der Waals surface area contributed by atoms with Crippen molar-refractivity contribution in [1.82, 2.24) is 0 Å². The van der Waals surface area contributed by atoms with Gasteiger partial charge in [0, 0.05) is 11.3 Å². The third kappa shape index (κ3) is 0.817. The molecule has 0 amide bonds. The van der Waals surface area contributed by atoms with Crippen LogP contribution < -0.4 is 0 Å². The fraction of sp³-hybridized carbons (Fsp3) is 0.538. The molecule has 0 spiro atoms. The van der Waals surface area contributed by atoms with Crippen LogP contribution in [0, 0.1) is 0 Å². The van der Waals surface area contributed by atoms with Crippen molar-refractivity contribution in [3.63, 3.8) is 0 Å². The first-order valence-electron chi connectivity index (χ1n) is 5.71. The van der Waals surface area contributed by atoms with Crippen LogP contribution in [0.3, 0.4) is 0 Å². The summed E-state index contributed by atoms with van der Waals surface area (Å²) in [6, 6.07) is 10.5. The van der Waals surface area contributed by atoms with E-state index in [1.807, 2.05) is 6.07 Å². The van der Waals surface area contributed by atoms with E-state index < -0.39 is 7.14 Å². The Morgan fingerprint density at radius 2 is 1.87 bits per heavy atom. The van der Waals surface area contributed by atoms with Crippen LogP contribution in [0.1, 0.15) is 32.3 Å². The Balaban J connectivity index is 2.18.